The Morgan fingerprint density at radius 3 is 2.48 bits per heavy atom. The molecule has 14 heteroatoms. The van der Waals surface area contributed by atoms with Gasteiger partial charge in [-0.2, -0.15) is 0 Å². The lowest BCUT2D eigenvalue weighted by atomic mass is 9.91. The predicted octanol–water partition coefficient (Wildman–Crippen LogP) is 6.14. The zero-order chi connectivity index (χ0) is 36.7. The molecular formula is C36H37F5N4O5. The van der Waals surface area contributed by atoms with E-state index in [1.54, 1.807) is 24.0 Å². The molecule has 50 heavy (non-hydrogen) atoms. The van der Waals surface area contributed by atoms with Crippen molar-refractivity contribution in [1.29, 1.82) is 0 Å². The minimum atomic E-state index is -3.37. The molecular weight excluding hydrogens is 663 g/mol. The Morgan fingerprint density at radius 2 is 1.84 bits per heavy atom. The predicted molar refractivity (Wildman–Crippen MR) is 178 cm³/mol. The van der Waals surface area contributed by atoms with E-state index in [1.807, 2.05) is 0 Å². The number of nitrogens with one attached hydrogen (secondary N) is 1. The van der Waals surface area contributed by atoms with E-state index >= 15 is 4.39 Å². The fourth-order valence-electron chi connectivity index (χ4n) is 6.45. The van der Waals surface area contributed by atoms with E-state index in [2.05, 4.69) is 10.3 Å². The Bertz CT molecular complexity index is 2000. The van der Waals surface area contributed by atoms with E-state index in [0.29, 0.717) is 23.6 Å². The van der Waals surface area contributed by atoms with Crippen LogP contribution in [-0.4, -0.2) is 64.3 Å². The third-order valence-electron chi connectivity index (χ3n) is 8.95. The topological polar surface area (TPSA) is 114 Å². The highest BCUT2D eigenvalue weighted by atomic mass is 19.3. The van der Waals surface area contributed by atoms with E-state index in [1.165, 1.54) is 49.0 Å². The number of hydrogen-bond acceptors (Lipinski definition) is 6. The number of nitrogens with zero attached hydrogens (tertiary/aromatic N) is 3. The van der Waals surface area contributed by atoms with Gasteiger partial charge in [0, 0.05) is 67.4 Å². The van der Waals surface area contributed by atoms with Crippen molar-refractivity contribution in [3.05, 3.63) is 92.8 Å². The molecule has 1 aliphatic rings. The van der Waals surface area contributed by atoms with Crippen LogP contribution in [0.5, 0.6) is 0 Å². The van der Waals surface area contributed by atoms with Gasteiger partial charge in [-0.15, -0.1) is 0 Å². The number of rotatable bonds is 10. The number of carbonyl (C=O) groups is 2. The summed E-state index contributed by atoms with van der Waals surface area (Å²) in [5.41, 5.74) is -0.341. The summed E-state index contributed by atoms with van der Waals surface area (Å²) in [6.45, 7) is 4.98. The molecule has 0 aliphatic carbocycles. The maximum Gasteiger partial charge on any atom is 0.326 e. The second kappa shape index (κ2) is 13.8. The average molecular weight is 701 g/mol. The number of carboxylic acid groups (broad SMARTS) is 1. The molecule has 2 N–H and O–H groups in total. The first-order valence-electron chi connectivity index (χ1n) is 15.9. The van der Waals surface area contributed by atoms with E-state index in [9.17, 15) is 37.1 Å². The summed E-state index contributed by atoms with van der Waals surface area (Å²) in [7, 11) is 1.47. The van der Waals surface area contributed by atoms with Gasteiger partial charge in [0.05, 0.1) is 35.9 Å². The fourth-order valence-corrected chi connectivity index (χ4v) is 6.45. The molecule has 0 saturated carbocycles. The largest absolute Gasteiger partial charge is 0.480 e. The monoisotopic (exact) mass is 700 g/mol. The van der Waals surface area contributed by atoms with Crippen molar-refractivity contribution in [2.45, 2.75) is 64.5 Å². The first kappa shape index (κ1) is 36.4. The molecule has 5 rings (SSSR count). The lowest BCUT2D eigenvalue weighted by Gasteiger charge is -2.38. The summed E-state index contributed by atoms with van der Waals surface area (Å²) in [5, 5.41) is 12.8. The molecule has 1 fully saturated rings. The molecule has 4 aromatic rings. The number of aromatic nitrogens is 2. The number of fused-ring (bicyclic) bond motifs is 1. The maximum absolute atomic E-state index is 15.6. The molecule has 1 aliphatic heterocycles. The number of alkyl halides is 4. The third-order valence-corrected chi connectivity index (χ3v) is 8.95. The summed E-state index contributed by atoms with van der Waals surface area (Å²) in [6, 6.07) is 7.56. The van der Waals surface area contributed by atoms with Crippen LogP contribution < -0.4 is 15.8 Å². The van der Waals surface area contributed by atoms with Gasteiger partial charge in [-0.1, -0.05) is 18.2 Å². The minimum Gasteiger partial charge on any atom is -0.480 e. The van der Waals surface area contributed by atoms with Crippen LogP contribution in [-0.2, 0) is 28.9 Å². The molecule has 1 amide bonds. The molecule has 1 saturated heterocycles. The number of aryl methyl sites for hydroxylation is 2. The van der Waals surface area contributed by atoms with E-state index < -0.39 is 64.7 Å². The van der Waals surface area contributed by atoms with Gasteiger partial charge in [-0.3, -0.25) is 14.6 Å². The van der Waals surface area contributed by atoms with Crippen molar-refractivity contribution in [2.75, 3.05) is 24.7 Å². The summed E-state index contributed by atoms with van der Waals surface area (Å²) in [6.07, 6.45) is 0.595. The van der Waals surface area contributed by atoms with Gasteiger partial charge in [0.2, 0.25) is 5.92 Å². The number of morpholine rings is 1. The molecule has 0 radical (unpaired) electrons. The van der Waals surface area contributed by atoms with Crippen molar-refractivity contribution >= 4 is 28.5 Å². The van der Waals surface area contributed by atoms with Crippen molar-refractivity contribution in [1.82, 2.24) is 14.9 Å². The van der Waals surface area contributed by atoms with Gasteiger partial charge in [0.1, 0.15) is 11.9 Å². The zero-order valence-electron chi connectivity index (χ0n) is 28.1. The number of ether oxygens (including phenoxy) is 1. The van der Waals surface area contributed by atoms with Crippen LogP contribution in [0.1, 0.15) is 53.0 Å². The lowest BCUT2D eigenvalue weighted by molar-refractivity contribution is -0.139. The highest BCUT2D eigenvalue weighted by molar-refractivity contribution is 5.99. The molecule has 0 bridgehead atoms. The van der Waals surface area contributed by atoms with Gasteiger partial charge in [0.15, 0.2) is 0 Å². The Kier molecular flexibility index (Phi) is 10.1. The van der Waals surface area contributed by atoms with Gasteiger partial charge in [0.25, 0.3) is 17.4 Å². The van der Waals surface area contributed by atoms with E-state index in [4.69, 9.17) is 4.74 Å². The van der Waals surface area contributed by atoms with Crippen LogP contribution in [0.3, 0.4) is 0 Å². The van der Waals surface area contributed by atoms with Crippen LogP contribution in [0, 0.1) is 19.7 Å². The van der Waals surface area contributed by atoms with Gasteiger partial charge < -0.3 is 24.6 Å². The Labute approximate surface area is 284 Å². The van der Waals surface area contributed by atoms with E-state index in [0.717, 1.165) is 13.0 Å². The standard InChI is InChI=1S/C36H37F5N4O5/c1-19-13-22(45-11-12-50-18-23(45)17-35(3,38)39)16-27(37)29(19)32(46)43-28(34(48)49)15-21-8-9-25(31-24(21)7-6-10-42-31)30-26(36(4,40)41)14-20(2)44(5)33(30)47/h6-10,13-14,16,23,28H,11-12,15,17-18H2,1-5H3,(H,43,46)(H,48,49)/t23-,28+/m1/s1. The number of carboxylic acids is 1. The van der Waals surface area contributed by atoms with Crippen LogP contribution in [0.4, 0.5) is 27.6 Å². The molecule has 0 unspecified atom stereocenters. The van der Waals surface area contributed by atoms with Gasteiger partial charge >= 0.3 is 5.97 Å². The minimum absolute atomic E-state index is 0.0196. The average Bonchev–Trinajstić information content (AvgIpc) is 3.02. The van der Waals surface area contributed by atoms with Crippen LogP contribution in [0.15, 0.2) is 53.5 Å². The quantitative estimate of drug-likeness (QED) is 0.191. The number of halogens is 5. The smallest absolute Gasteiger partial charge is 0.326 e. The normalized spacial score (nSPS) is 16.0. The first-order valence-corrected chi connectivity index (χ1v) is 15.9. The molecule has 0 spiro atoms. The molecule has 2 aromatic heterocycles. The lowest BCUT2D eigenvalue weighted by Crippen LogP contribution is -2.48. The number of aliphatic carboxylic acids is 1. The van der Waals surface area contributed by atoms with Gasteiger partial charge in [-0.05, 0) is 56.2 Å². The highest BCUT2D eigenvalue weighted by Crippen LogP contribution is 2.37. The number of pyridine rings is 2. The number of benzene rings is 2. The van der Waals surface area contributed by atoms with Crippen molar-refractivity contribution < 1.29 is 41.4 Å². The van der Waals surface area contributed by atoms with Gasteiger partial charge in [-0.25, -0.2) is 26.7 Å². The van der Waals surface area contributed by atoms with Crippen LogP contribution >= 0.6 is 0 Å². The van der Waals surface area contributed by atoms with Crippen molar-refractivity contribution in [3.8, 4) is 11.1 Å². The number of amides is 1. The van der Waals surface area contributed by atoms with Crippen molar-refractivity contribution in [2.24, 2.45) is 7.05 Å². The molecule has 3 heterocycles. The maximum atomic E-state index is 15.6. The summed E-state index contributed by atoms with van der Waals surface area (Å²) < 4.78 is 79.5. The van der Waals surface area contributed by atoms with Crippen molar-refractivity contribution in [3.63, 3.8) is 0 Å². The number of hydrogen-bond donors (Lipinski definition) is 2. The second-order valence-electron chi connectivity index (χ2n) is 12.9. The summed E-state index contributed by atoms with van der Waals surface area (Å²) >= 11 is 0. The Balaban J connectivity index is 1.47. The summed E-state index contributed by atoms with van der Waals surface area (Å²) in [5.74, 6) is -9.75. The highest BCUT2D eigenvalue weighted by Gasteiger charge is 2.35. The number of anilines is 1. The Hall–Kier alpha value is -4.85. The zero-order valence-corrected chi connectivity index (χ0v) is 28.1. The molecule has 9 nitrogen and oxygen atoms in total. The SMILES string of the molecule is Cc1cc(N2CCOC[C@H]2CC(C)(F)F)cc(F)c1C(=O)N[C@@H](Cc1ccc(-c2c(C(C)(F)F)cc(C)n(C)c2=O)c2ncccc12)C(=O)O. The third kappa shape index (κ3) is 7.49. The molecule has 2 aromatic carbocycles. The molecule has 2 atom stereocenters. The second-order valence-corrected chi connectivity index (χ2v) is 12.9. The van der Waals surface area contributed by atoms with Crippen LogP contribution in [0.2, 0.25) is 0 Å². The number of carbonyl (C=O) groups excluding carboxylic acids is 1. The fraction of sp³-hybridized carbons (Fsp3) is 0.389. The van der Waals surface area contributed by atoms with E-state index in [-0.39, 0.29) is 54.1 Å². The summed E-state index contributed by atoms with van der Waals surface area (Å²) in [4.78, 5) is 45.1. The first-order chi connectivity index (χ1) is 23.4. The Morgan fingerprint density at radius 1 is 1.12 bits per heavy atom. The molecule has 266 valence electrons. The van der Waals surface area contributed by atoms with Crippen LogP contribution in [0.25, 0.3) is 22.0 Å².